The molecule has 0 saturated heterocycles. The molecule has 3 rings (SSSR count). The van der Waals surface area contributed by atoms with Gasteiger partial charge in [-0.05, 0) is 31.3 Å². The highest BCUT2D eigenvalue weighted by Crippen LogP contribution is 2.18. The van der Waals surface area contributed by atoms with E-state index in [0.717, 1.165) is 43.7 Å². The minimum absolute atomic E-state index is 0.0253. The summed E-state index contributed by atoms with van der Waals surface area (Å²) in [5, 5.41) is 7.82. The SMILES string of the molecule is C=C(CNC1CC1)Cn1nc2n(c1=O)CCCC2. The zero-order valence-corrected chi connectivity index (χ0v) is 10.7. The maximum absolute atomic E-state index is 12.1. The van der Waals surface area contributed by atoms with E-state index in [4.69, 9.17) is 0 Å². The van der Waals surface area contributed by atoms with Crippen LogP contribution in [0, 0.1) is 0 Å². The number of nitrogens with zero attached hydrogens (tertiary/aromatic N) is 3. The molecule has 2 heterocycles. The fourth-order valence-electron chi connectivity index (χ4n) is 2.40. The normalized spacial score (nSPS) is 18.7. The molecule has 0 atom stereocenters. The van der Waals surface area contributed by atoms with E-state index in [1.807, 2.05) is 4.57 Å². The molecule has 18 heavy (non-hydrogen) atoms. The third-order valence-electron chi connectivity index (χ3n) is 3.62. The molecule has 0 spiro atoms. The lowest BCUT2D eigenvalue weighted by Gasteiger charge is -2.09. The topological polar surface area (TPSA) is 51.9 Å². The van der Waals surface area contributed by atoms with E-state index in [0.29, 0.717) is 12.6 Å². The molecule has 5 heteroatoms. The van der Waals surface area contributed by atoms with Crippen molar-refractivity contribution in [2.45, 2.75) is 51.2 Å². The second-order valence-electron chi connectivity index (χ2n) is 5.37. The van der Waals surface area contributed by atoms with Crippen LogP contribution in [-0.2, 0) is 19.5 Å². The van der Waals surface area contributed by atoms with Crippen LogP contribution < -0.4 is 11.0 Å². The van der Waals surface area contributed by atoms with Crippen molar-refractivity contribution in [3.05, 3.63) is 28.5 Å². The average molecular weight is 248 g/mol. The number of fused-ring (bicyclic) bond motifs is 1. The fraction of sp³-hybridized carbons (Fsp3) is 0.692. The first kappa shape index (κ1) is 11.7. The van der Waals surface area contributed by atoms with Crippen molar-refractivity contribution in [3.63, 3.8) is 0 Å². The van der Waals surface area contributed by atoms with Gasteiger partial charge in [-0.2, -0.15) is 5.10 Å². The molecule has 0 bridgehead atoms. The number of aromatic nitrogens is 3. The minimum Gasteiger partial charge on any atom is -0.310 e. The third-order valence-corrected chi connectivity index (χ3v) is 3.62. The number of rotatable bonds is 5. The van der Waals surface area contributed by atoms with E-state index in [1.54, 1.807) is 4.68 Å². The van der Waals surface area contributed by atoms with Gasteiger partial charge in [0.2, 0.25) is 0 Å². The minimum atomic E-state index is 0.0253. The molecule has 5 nitrogen and oxygen atoms in total. The number of hydrogen-bond acceptors (Lipinski definition) is 3. The molecule has 0 aromatic carbocycles. The summed E-state index contributed by atoms with van der Waals surface area (Å²) in [4.78, 5) is 12.1. The largest absolute Gasteiger partial charge is 0.346 e. The molecular weight excluding hydrogens is 228 g/mol. The molecule has 98 valence electrons. The third kappa shape index (κ3) is 2.41. The monoisotopic (exact) mass is 248 g/mol. The molecule has 1 aliphatic heterocycles. The van der Waals surface area contributed by atoms with E-state index >= 15 is 0 Å². The molecule has 0 radical (unpaired) electrons. The highest BCUT2D eigenvalue weighted by molar-refractivity contribution is 5.00. The number of nitrogens with one attached hydrogen (secondary N) is 1. The Morgan fingerprint density at radius 1 is 1.44 bits per heavy atom. The van der Waals surface area contributed by atoms with Gasteiger partial charge < -0.3 is 5.32 Å². The predicted molar refractivity (Wildman–Crippen MR) is 69.6 cm³/mol. The van der Waals surface area contributed by atoms with E-state index in [-0.39, 0.29) is 5.69 Å². The van der Waals surface area contributed by atoms with Gasteiger partial charge in [0.25, 0.3) is 0 Å². The van der Waals surface area contributed by atoms with Crippen LogP contribution in [0.1, 0.15) is 31.5 Å². The lowest BCUT2D eigenvalue weighted by atomic mass is 10.2. The first-order chi connectivity index (χ1) is 8.74. The summed E-state index contributed by atoms with van der Waals surface area (Å²) >= 11 is 0. The molecule has 0 unspecified atom stereocenters. The van der Waals surface area contributed by atoms with Gasteiger partial charge in [0.05, 0.1) is 6.54 Å². The fourth-order valence-corrected chi connectivity index (χ4v) is 2.40. The van der Waals surface area contributed by atoms with Crippen LogP contribution in [0.5, 0.6) is 0 Å². The standard InChI is InChI=1S/C13H20N4O/c1-10(8-14-11-5-6-11)9-17-13(18)16-7-3-2-4-12(16)15-17/h11,14H,1-9H2. The summed E-state index contributed by atoms with van der Waals surface area (Å²) < 4.78 is 3.38. The van der Waals surface area contributed by atoms with Crippen molar-refractivity contribution in [1.29, 1.82) is 0 Å². The lowest BCUT2D eigenvalue weighted by Crippen LogP contribution is -2.29. The first-order valence-electron chi connectivity index (χ1n) is 6.80. The molecule has 1 N–H and O–H groups in total. The van der Waals surface area contributed by atoms with E-state index in [1.165, 1.54) is 12.8 Å². The van der Waals surface area contributed by atoms with Crippen LogP contribution in [0.25, 0.3) is 0 Å². The molecule has 1 aliphatic carbocycles. The molecule has 2 aliphatic rings. The van der Waals surface area contributed by atoms with Crippen molar-refractivity contribution in [1.82, 2.24) is 19.7 Å². The van der Waals surface area contributed by atoms with Crippen molar-refractivity contribution in [2.75, 3.05) is 6.54 Å². The zero-order chi connectivity index (χ0) is 12.5. The van der Waals surface area contributed by atoms with Crippen molar-refractivity contribution >= 4 is 0 Å². The van der Waals surface area contributed by atoms with E-state index < -0.39 is 0 Å². The van der Waals surface area contributed by atoms with Gasteiger partial charge in [-0.15, -0.1) is 0 Å². The van der Waals surface area contributed by atoms with Gasteiger partial charge in [-0.1, -0.05) is 6.58 Å². The number of aryl methyl sites for hydroxylation is 1. The van der Waals surface area contributed by atoms with Gasteiger partial charge >= 0.3 is 5.69 Å². The van der Waals surface area contributed by atoms with Crippen molar-refractivity contribution < 1.29 is 0 Å². The quantitative estimate of drug-likeness (QED) is 0.780. The number of hydrogen-bond donors (Lipinski definition) is 1. The van der Waals surface area contributed by atoms with Crippen LogP contribution in [0.3, 0.4) is 0 Å². The maximum Gasteiger partial charge on any atom is 0.346 e. The van der Waals surface area contributed by atoms with Gasteiger partial charge in [0.1, 0.15) is 5.82 Å². The molecular formula is C13H20N4O. The summed E-state index contributed by atoms with van der Waals surface area (Å²) in [7, 11) is 0. The van der Waals surface area contributed by atoms with Gasteiger partial charge in [-0.3, -0.25) is 4.57 Å². The molecule has 1 fully saturated rings. The summed E-state index contributed by atoms with van der Waals surface area (Å²) in [5.74, 6) is 0.939. The van der Waals surface area contributed by atoms with Crippen molar-refractivity contribution in [3.8, 4) is 0 Å². The zero-order valence-electron chi connectivity index (χ0n) is 10.7. The van der Waals surface area contributed by atoms with Gasteiger partial charge in [0, 0.05) is 25.6 Å². The van der Waals surface area contributed by atoms with E-state index in [9.17, 15) is 4.79 Å². The summed E-state index contributed by atoms with van der Waals surface area (Å²) in [6.07, 6.45) is 5.69. The summed E-state index contributed by atoms with van der Waals surface area (Å²) in [5.41, 5.74) is 1.05. The van der Waals surface area contributed by atoms with Crippen LogP contribution in [0.4, 0.5) is 0 Å². The Morgan fingerprint density at radius 3 is 3.00 bits per heavy atom. The Balaban J connectivity index is 1.66. The molecule has 1 aromatic heterocycles. The Bertz CT molecular complexity index is 510. The Morgan fingerprint density at radius 2 is 2.28 bits per heavy atom. The van der Waals surface area contributed by atoms with Gasteiger partial charge in [0.15, 0.2) is 0 Å². The Hall–Kier alpha value is -1.36. The lowest BCUT2D eigenvalue weighted by molar-refractivity contribution is 0.511. The maximum atomic E-state index is 12.1. The van der Waals surface area contributed by atoms with E-state index in [2.05, 4.69) is 17.0 Å². The Kier molecular flexibility index (Phi) is 3.07. The highest BCUT2D eigenvalue weighted by Gasteiger charge is 2.21. The summed E-state index contributed by atoms with van der Waals surface area (Å²) in [6.45, 7) is 6.18. The Labute approximate surface area is 106 Å². The van der Waals surface area contributed by atoms with Crippen LogP contribution in [-0.4, -0.2) is 26.9 Å². The molecule has 1 saturated carbocycles. The van der Waals surface area contributed by atoms with Crippen LogP contribution in [0.2, 0.25) is 0 Å². The van der Waals surface area contributed by atoms with Crippen molar-refractivity contribution in [2.24, 2.45) is 0 Å². The molecule has 1 aromatic rings. The summed E-state index contributed by atoms with van der Waals surface area (Å²) in [6, 6.07) is 0.675. The average Bonchev–Trinajstić information content (AvgIpc) is 3.15. The second-order valence-corrected chi connectivity index (χ2v) is 5.37. The molecule has 0 amide bonds. The highest BCUT2D eigenvalue weighted by atomic mass is 16.2. The van der Waals surface area contributed by atoms with Crippen LogP contribution >= 0.6 is 0 Å². The predicted octanol–water partition coefficient (Wildman–Crippen LogP) is 0.689. The second kappa shape index (κ2) is 4.72. The van der Waals surface area contributed by atoms with Gasteiger partial charge in [-0.25, -0.2) is 9.48 Å². The van der Waals surface area contributed by atoms with Crippen LogP contribution in [0.15, 0.2) is 16.9 Å². The first-order valence-corrected chi connectivity index (χ1v) is 6.80. The smallest absolute Gasteiger partial charge is 0.310 e.